The number of benzene rings is 1. The van der Waals surface area contributed by atoms with Gasteiger partial charge < -0.3 is 10.1 Å². The largest absolute Gasteiger partial charge is 0.497 e. The Morgan fingerprint density at radius 3 is 2.66 bits per heavy atom. The van der Waals surface area contributed by atoms with Crippen LogP contribution in [0.1, 0.15) is 19.4 Å². The highest BCUT2D eigenvalue weighted by Gasteiger charge is 2.17. The van der Waals surface area contributed by atoms with Gasteiger partial charge in [0, 0.05) is 22.0 Å². The molecular formula is C22H21N3O2S2. The van der Waals surface area contributed by atoms with E-state index in [1.807, 2.05) is 61.7 Å². The molecule has 0 atom stereocenters. The van der Waals surface area contributed by atoms with E-state index in [4.69, 9.17) is 9.72 Å². The van der Waals surface area contributed by atoms with Crippen LogP contribution in [0.3, 0.4) is 0 Å². The summed E-state index contributed by atoms with van der Waals surface area (Å²) in [5.41, 5.74) is 2.99. The van der Waals surface area contributed by atoms with Crippen LogP contribution >= 0.6 is 23.1 Å². The lowest BCUT2D eigenvalue weighted by atomic mass is 10.0. The molecule has 7 heteroatoms. The molecule has 1 aromatic carbocycles. The number of hydrogen-bond donors (Lipinski definition) is 1. The summed E-state index contributed by atoms with van der Waals surface area (Å²) >= 11 is 2.85. The maximum absolute atomic E-state index is 12.1. The van der Waals surface area contributed by atoms with Crippen molar-refractivity contribution in [1.29, 1.82) is 5.26 Å². The highest BCUT2D eigenvalue weighted by atomic mass is 32.2. The molecule has 2 aromatic heterocycles. The van der Waals surface area contributed by atoms with Gasteiger partial charge in [-0.05, 0) is 55.6 Å². The molecule has 5 nitrogen and oxygen atoms in total. The smallest absolute Gasteiger partial charge is 0.230 e. The minimum atomic E-state index is -0.0804. The summed E-state index contributed by atoms with van der Waals surface area (Å²) in [6, 6.07) is 15.9. The number of methoxy groups -OCH3 is 1. The molecule has 0 aliphatic heterocycles. The van der Waals surface area contributed by atoms with Crippen LogP contribution in [0, 0.1) is 11.3 Å². The van der Waals surface area contributed by atoms with Crippen molar-refractivity contribution in [2.45, 2.75) is 24.9 Å². The molecule has 29 heavy (non-hydrogen) atoms. The summed E-state index contributed by atoms with van der Waals surface area (Å²) in [6.45, 7) is 3.83. The summed E-state index contributed by atoms with van der Waals surface area (Å²) in [4.78, 5) is 17.8. The Bertz CT molecular complexity index is 1020. The number of hydrogen-bond acceptors (Lipinski definition) is 6. The molecule has 1 N–H and O–H groups in total. The van der Waals surface area contributed by atoms with E-state index in [9.17, 15) is 10.1 Å². The van der Waals surface area contributed by atoms with Crippen LogP contribution in [0.15, 0.2) is 52.9 Å². The van der Waals surface area contributed by atoms with Crippen molar-refractivity contribution in [2.75, 3.05) is 12.9 Å². The molecule has 0 aliphatic rings. The Labute approximate surface area is 178 Å². The molecule has 0 radical (unpaired) electrons. The molecule has 1 amide bonds. The SMILES string of the molecule is COc1ccc(-c2cc(-c3cccs3)c(C#N)c(SCC(=O)NC(C)C)n2)cc1. The molecule has 0 bridgehead atoms. The number of rotatable bonds is 7. The second-order valence-corrected chi connectivity index (χ2v) is 8.48. The zero-order valence-electron chi connectivity index (χ0n) is 16.4. The number of thioether (sulfide) groups is 1. The molecule has 2 heterocycles. The van der Waals surface area contributed by atoms with Crippen LogP contribution in [0.2, 0.25) is 0 Å². The van der Waals surface area contributed by atoms with Gasteiger partial charge in [-0.15, -0.1) is 11.3 Å². The molecule has 0 unspecified atom stereocenters. The van der Waals surface area contributed by atoms with E-state index in [1.54, 1.807) is 18.4 Å². The van der Waals surface area contributed by atoms with E-state index in [-0.39, 0.29) is 17.7 Å². The molecule has 0 saturated heterocycles. The second-order valence-electron chi connectivity index (χ2n) is 6.56. The first-order chi connectivity index (χ1) is 14.0. The van der Waals surface area contributed by atoms with E-state index in [0.717, 1.165) is 27.4 Å². The number of aromatic nitrogens is 1. The first kappa shape index (κ1) is 20.9. The van der Waals surface area contributed by atoms with Crippen LogP contribution in [0.4, 0.5) is 0 Å². The lowest BCUT2D eigenvalue weighted by Gasteiger charge is -2.12. The number of nitrogens with zero attached hydrogens (tertiary/aromatic N) is 2. The molecule has 148 valence electrons. The minimum absolute atomic E-state index is 0.0683. The zero-order valence-corrected chi connectivity index (χ0v) is 18.1. The van der Waals surface area contributed by atoms with Gasteiger partial charge in [0.2, 0.25) is 5.91 Å². The maximum atomic E-state index is 12.1. The summed E-state index contributed by atoms with van der Waals surface area (Å²) in [5, 5.41) is 15.2. The van der Waals surface area contributed by atoms with Gasteiger partial charge >= 0.3 is 0 Å². The van der Waals surface area contributed by atoms with Crippen LogP contribution in [0.25, 0.3) is 21.7 Å². The van der Waals surface area contributed by atoms with Crippen LogP contribution in [-0.4, -0.2) is 29.8 Å². The van der Waals surface area contributed by atoms with Gasteiger partial charge in [-0.3, -0.25) is 4.79 Å². The average molecular weight is 424 g/mol. The minimum Gasteiger partial charge on any atom is -0.497 e. The standard InChI is InChI=1S/C22H21N3O2S2/c1-14(2)24-21(26)13-29-22-18(12-23)17(20-5-4-10-28-20)11-19(25-22)15-6-8-16(27-3)9-7-15/h4-11,14H,13H2,1-3H3,(H,24,26). The first-order valence-corrected chi connectivity index (χ1v) is 10.9. The van der Waals surface area contributed by atoms with Gasteiger partial charge in [-0.25, -0.2) is 4.98 Å². The van der Waals surface area contributed by atoms with E-state index in [1.165, 1.54) is 11.8 Å². The van der Waals surface area contributed by atoms with Crippen molar-refractivity contribution in [3.63, 3.8) is 0 Å². The molecule has 3 aromatic rings. The summed E-state index contributed by atoms with van der Waals surface area (Å²) in [6.07, 6.45) is 0. The van der Waals surface area contributed by atoms with E-state index < -0.39 is 0 Å². The van der Waals surface area contributed by atoms with Gasteiger partial charge in [0.25, 0.3) is 0 Å². The number of nitriles is 1. The summed E-state index contributed by atoms with van der Waals surface area (Å²) in [7, 11) is 1.63. The van der Waals surface area contributed by atoms with Crippen LogP contribution in [-0.2, 0) is 4.79 Å². The van der Waals surface area contributed by atoms with Crippen LogP contribution in [0.5, 0.6) is 5.75 Å². The number of thiophene rings is 1. The summed E-state index contributed by atoms with van der Waals surface area (Å²) in [5.74, 6) is 0.888. The third kappa shape index (κ3) is 5.17. The number of amides is 1. The predicted octanol–water partition coefficient (Wildman–Crippen LogP) is 4.97. The lowest BCUT2D eigenvalue weighted by molar-refractivity contribution is -0.119. The Kier molecular flexibility index (Phi) is 6.91. The van der Waals surface area contributed by atoms with Crippen molar-refractivity contribution in [3.8, 4) is 33.5 Å². The monoisotopic (exact) mass is 423 g/mol. The third-order valence-corrected chi connectivity index (χ3v) is 5.94. The highest BCUT2D eigenvalue weighted by Crippen LogP contribution is 2.36. The molecule has 0 spiro atoms. The Hall–Kier alpha value is -2.82. The quantitative estimate of drug-likeness (QED) is 0.543. The fourth-order valence-electron chi connectivity index (χ4n) is 2.77. The van der Waals surface area contributed by atoms with Gasteiger partial charge in [0.15, 0.2) is 0 Å². The van der Waals surface area contributed by atoms with Crippen molar-refractivity contribution in [3.05, 3.63) is 53.4 Å². The topological polar surface area (TPSA) is 75.0 Å². The number of nitrogens with one attached hydrogen (secondary N) is 1. The molecular weight excluding hydrogens is 402 g/mol. The van der Waals surface area contributed by atoms with Crippen molar-refractivity contribution >= 4 is 29.0 Å². The van der Waals surface area contributed by atoms with Gasteiger partial charge in [-0.1, -0.05) is 17.8 Å². The fraction of sp³-hybridized carbons (Fsp3) is 0.227. The second kappa shape index (κ2) is 9.59. The molecule has 0 fully saturated rings. The van der Waals surface area contributed by atoms with E-state index in [2.05, 4.69) is 11.4 Å². The Morgan fingerprint density at radius 2 is 2.07 bits per heavy atom. The predicted molar refractivity (Wildman–Crippen MR) is 118 cm³/mol. The van der Waals surface area contributed by atoms with Crippen molar-refractivity contribution in [2.24, 2.45) is 0 Å². The number of carbonyl (C=O) groups is 1. The zero-order chi connectivity index (χ0) is 20.8. The van der Waals surface area contributed by atoms with E-state index >= 15 is 0 Å². The third-order valence-electron chi connectivity index (χ3n) is 4.06. The van der Waals surface area contributed by atoms with Crippen molar-refractivity contribution in [1.82, 2.24) is 10.3 Å². The number of carbonyl (C=O) groups excluding carboxylic acids is 1. The Balaban J connectivity index is 2.04. The lowest BCUT2D eigenvalue weighted by Crippen LogP contribution is -2.31. The number of ether oxygens (including phenoxy) is 1. The normalized spacial score (nSPS) is 10.6. The Morgan fingerprint density at radius 1 is 1.31 bits per heavy atom. The first-order valence-electron chi connectivity index (χ1n) is 9.07. The molecule has 3 rings (SSSR count). The maximum Gasteiger partial charge on any atom is 0.230 e. The fourth-order valence-corrected chi connectivity index (χ4v) is 4.33. The highest BCUT2D eigenvalue weighted by molar-refractivity contribution is 8.00. The van der Waals surface area contributed by atoms with Crippen molar-refractivity contribution < 1.29 is 9.53 Å². The average Bonchev–Trinajstić information content (AvgIpc) is 3.26. The van der Waals surface area contributed by atoms with Crippen LogP contribution < -0.4 is 10.1 Å². The summed E-state index contributed by atoms with van der Waals surface area (Å²) < 4.78 is 5.23. The van der Waals surface area contributed by atoms with Gasteiger partial charge in [-0.2, -0.15) is 5.26 Å². The number of pyridine rings is 1. The van der Waals surface area contributed by atoms with Gasteiger partial charge in [0.1, 0.15) is 16.8 Å². The molecule has 0 aliphatic carbocycles. The van der Waals surface area contributed by atoms with E-state index in [0.29, 0.717) is 10.6 Å². The van der Waals surface area contributed by atoms with Gasteiger partial charge in [0.05, 0.1) is 24.1 Å². The molecule has 0 saturated carbocycles.